The Labute approximate surface area is 98.4 Å². The summed E-state index contributed by atoms with van der Waals surface area (Å²) in [5.74, 6) is -0.927. The molecular weight excluding hydrogens is 216 g/mol. The molecule has 0 saturated heterocycles. The summed E-state index contributed by atoms with van der Waals surface area (Å²) in [6.45, 7) is 0. The van der Waals surface area contributed by atoms with Crippen LogP contribution in [0.1, 0.15) is 34.5 Å². The predicted octanol–water partition coefficient (Wildman–Crippen LogP) is 2.33. The van der Waals surface area contributed by atoms with Gasteiger partial charge in [0.15, 0.2) is 0 Å². The SMILES string of the molecule is Nc1cc(C(=O)O)cc2c3c([nH]c12)CCCC3. The zero-order chi connectivity index (χ0) is 12.0. The molecule has 0 amide bonds. The van der Waals surface area contributed by atoms with Crippen LogP contribution >= 0.6 is 0 Å². The number of benzene rings is 1. The first-order valence-electron chi connectivity index (χ1n) is 5.83. The van der Waals surface area contributed by atoms with Crippen LogP contribution in [0.15, 0.2) is 12.1 Å². The molecule has 4 heteroatoms. The summed E-state index contributed by atoms with van der Waals surface area (Å²) < 4.78 is 0. The highest BCUT2D eigenvalue weighted by Gasteiger charge is 2.18. The zero-order valence-corrected chi connectivity index (χ0v) is 9.42. The monoisotopic (exact) mass is 230 g/mol. The quantitative estimate of drug-likeness (QED) is 0.658. The van der Waals surface area contributed by atoms with Crippen LogP contribution in [-0.4, -0.2) is 16.1 Å². The molecule has 0 unspecified atom stereocenters. The maximum Gasteiger partial charge on any atom is 0.335 e. The number of rotatable bonds is 1. The largest absolute Gasteiger partial charge is 0.478 e. The van der Waals surface area contributed by atoms with Gasteiger partial charge in [-0.2, -0.15) is 0 Å². The molecule has 0 spiro atoms. The van der Waals surface area contributed by atoms with E-state index in [9.17, 15) is 4.79 Å². The fourth-order valence-electron chi connectivity index (χ4n) is 2.66. The van der Waals surface area contributed by atoms with Gasteiger partial charge in [-0.15, -0.1) is 0 Å². The summed E-state index contributed by atoms with van der Waals surface area (Å²) in [6, 6.07) is 3.25. The Balaban J connectivity index is 2.32. The summed E-state index contributed by atoms with van der Waals surface area (Å²) in [5.41, 5.74) is 10.1. The third kappa shape index (κ3) is 1.48. The van der Waals surface area contributed by atoms with Crippen molar-refractivity contribution in [1.29, 1.82) is 0 Å². The lowest BCUT2D eigenvalue weighted by Crippen LogP contribution is -2.00. The van der Waals surface area contributed by atoms with E-state index in [0.29, 0.717) is 5.69 Å². The predicted molar refractivity (Wildman–Crippen MR) is 66.3 cm³/mol. The number of aromatic carboxylic acids is 1. The lowest BCUT2D eigenvalue weighted by molar-refractivity contribution is 0.0697. The minimum atomic E-state index is -0.927. The fraction of sp³-hybridized carbons (Fsp3) is 0.308. The van der Waals surface area contributed by atoms with E-state index in [1.807, 2.05) is 0 Å². The molecule has 0 fully saturated rings. The van der Waals surface area contributed by atoms with E-state index in [4.69, 9.17) is 10.8 Å². The normalized spacial score (nSPS) is 14.8. The number of carbonyl (C=O) groups is 1. The number of carboxylic acids is 1. The Morgan fingerprint density at radius 2 is 2.06 bits per heavy atom. The number of hydrogen-bond acceptors (Lipinski definition) is 2. The van der Waals surface area contributed by atoms with Gasteiger partial charge in [0.2, 0.25) is 0 Å². The van der Waals surface area contributed by atoms with Crippen molar-refractivity contribution in [2.24, 2.45) is 0 Å². The van der Waals surface area contributed by atoms with E-state index in [2.05, 4.69) is 4.98 Å². The topological polar surface area (TPSA) is 79.1 Å². The van der Waals surface area contributed by atoms with Gasteiger partial charge in [-0.05, 0) is 43.4 Å². The van der Waals surface area contributed by atoms with E-state index in [1.54, 1.807) is 6.07 Å². The van der Waals surface area contributed by atoms with Gasteiger partial charge >= 0.3 is 5.97 Å². The second kappa shape index (κ2) is 3.52. The number of aromatic amines is 1. The molecule has 88 valence electrons. The number of fused-ring (bicyclic) bond motifs is 3. The van der Waals surface area contributed by atoms with Gasteiger partial charge in [-0.25, -0.2) is 4.79 Å². The number of anilines is 1. The molecule has 2 aromatic rings. The Hall–Kier alpha value is -1.97. The zero-order valence-electron chi connectivity index (χ0n) is 9.42. The first kappa shape index (κ1) is 10.2. The number of aryl methyl sites for hydroxylation is 2. The van der Waals surface area contributed by atoms with E-state index >= 15 is 0 Å². The molecule has 0 bridgehead atoms. The van der Waals surface area contributed by atoms with Crippen LogP contribution < -0.4 is 5.73 Å². The third-order valence-corrected chi connectivity index (χ3v) is 3.48. The summed E-state index contributed by atoms with van der Waals surface area (Å²) in [4.78, 5) is 14.4. The first-order valence-corrected chi connectivity index (χ1v) is 5.83. The van der Waals surface area contributed by atoms with Gasteiger partial charge in [-0.1, -0.05) is 0 Å². The van der Waals surface area contributed by atoms with E-state index in [1.165, 1.54) is 23.7 Å². The lowest BCUT2D eigenvalue weighted by Gasteiger charge is -2.10. The average Bonchev–Trinajstić information content (AvgIpc) is 2.68. The van der Waals surface area contributed by atoms with Crippen LogP contribution in [0.2, 0.25) is 0 Å². The molecule has 3 rings (SSSR count). The molecular formula is C13H14N2O2. The molecule has 4 N–H and O–H groups in total. The highest BCUT2D eigenvalue weighted by atomic mass is 16.4. The number of nitrogens with two attached hydrogens (primary N) is 1. The highest BCUT2D eigenvalue weighted by Crippen LogP contribution is 2.32. The molecule has 0 radical (unpaired) electrons. The Morgan fingerprint density at radius 1 is 1.29 bits per heavy atom. The molecule has 1 aliphatic carbocycles. The number of carboxylic acid groups (broad SMARTS) is 1. The minimum absolute atomic E-state index is 0.266. The first-order chi connectivity index (χ1) is 8.16. The van der Waals surface area contributed by atoms with Crippen molar-refractivity contribution in [1.82, 2.24) is 4.98 Å². The van der Waals surface area contributed by atoms with Crippen molar-refractivity contribution in [2.45, 2.75) is 25.7 Å². The standard InChI is InChI=1S/C13H14N2O2/c14-10-6-7(13(16)17)5-9-8-3-1-2-4-11(8)15-12(9)10/h5-6,15H,1-4,14H2,(H,16,17). The fourth-order valence-corrected chi connectivity index (χ4v) is 2.66. The van der Waals surface area contributed by atoms with Gasteiger partial charge in [-0.3, -0.25) is 0 Å². The van der Waals surface area contributed by atoms with Crippen molar-refractivity contribution in [3.63, 3.8) is 0 Å². The van der Waals surface area contributed by atoms with Crippen LogP contribution in [0.3, 0.4) is 0 Å². The van der Waals surface area contributed by atoms with Crippen molar-refractivity contribution < 1.29 is 9.90 Å². The Bertz CT molecular complexity index is 613. The summed E-state index contributed by atoms with van der Waals surface area (Å²) in [6.07, 6.45) is 4.40. The summed E-state index contributed by atoms with van der Waals surface area (Å²) in [5, 5.41) is 10.0. The third-order valence-electron chi connectivity index (χ3n) is 3.48. The second-order valence-corrected chi connectivity index (χ2v) is 4.58. The molecule has 17 heavy (non-hydrogen) atoms. The van der Waals surface area contributed by atoms with Crippen molar-refractivity contribution in [3.8, 4) is 0 Å². The van der Waals surface area contributed by atoms with Crippen LogP contribution in [0.5, 0.6) is 0 Å². The average molecular weight is 230 g/mol. The molecule has 1 heterocycles. The number of H-pyrrole nitrogens is 1. The van der Waals surface area contributed by atoms with Crippen molar-refractivity contribution >= 4 is 22.6 Å². The molecule has 0 saturated carbocycles. The van der Waals surface area contributed by atoms with Gasteiger partial charge in [0.1, 0.15) is 0 Å². The molecule has 4 nitrogen and oxygen atoms in total. The van der Waals surface area contributed by atoms with Crippen molar-refractivity contribution in [2.75, 3.05) is 5.73 Å². The van der Waals surface area contributed by atoms with Gasteiger partial charge in [0.05, 0.1) is 16.8 Å². The number of nitrogen functional groups attached to an aromatic ring is 1. The molecule has 1 aromatic carbocycles. The van der Waals surface area contributed by atoms with Gasteiger partial charge < -0.3 is 15.8 Å². The van der Waals surface area contributed by atoms with E-state index in [-0.39, 0.29) is 5.56 Å². The smallest absolute Gasteiger partial charge is 0.335 e. The summed E-state index contributed by atoms with van der Waals surface area (Å²) >= 11 is 0. The molecule has 0 aliphatic heterocycles. The maximum absolute atomic E-state index is 11.0. The van der Waals surface area contributed by atoms with Crippen LogP contribution in [0.4, 0.5) is 5.69 Å². The Kier molecular flexibility index (Phi) is 2.11. The number of hydrogen-bond donors (Lipinski definition) is 3. The maximum atomic E-state index is 11.0. The van der Waals surface area contributed by atoms with Crippen LogP contribution in [0, 0.1) is 0 Å². The van der Waals surface area contributed by atoms with Gasteiger partial charge in [0, 0.05) is 11.1 Å². The van der Waals surface area contributed by atoms with Crippen LogP contribution in [-0.2, 0) is 12.8 Å². The van der Waals surface area contributed by atoms with Crippen molar-refractivity contribution in [3.05, 3.63) is 29.0 Å². The Morgan fingerprint density at radius 3 is 2.82 bits per heavy atom. The number of aromatic nitrogens is 1. The second-order valence-electron chi connectivity index (χ2n) is 4.58. The lowest BCUT2D eigenvalue weighted by atomic mass is 9.95. The molecule has 1 aliphatic rings. The van der Waals surface area contributed by atoms with E-state index < -0.39 is 5.97 Å². The summed E-state index contributed by atoms with van der Waals surface area (Å²) in [7, 11) is 0. The number of nitrogens with one attached hydrogen (secondary N) is 1. The van der Waals surface area contributed by atoms with E-state index in [0.717, 1.165) is 30.2 Å². The molecule has 0 atom stereocenters. The van der Waals surface area contributed by atoms with Crippen LogP contribution in [0.25, 0.3) is 10.9 Å². The molecule has 1 aromatic heterocycles. The van der Waals surface area contributed by atoms with Gasteiger partial charge in [0.25, 0.3) is 0 Å². The highest BCUT2D eigenvalue weighted by molar-refractivity contribution is 6.00. The minimum Gasteiger partial charge on any atom is -0.478 e.